The van der Waals surface area contributed by atoms with Crippen molar-refractivity contribution < 1.29 is 24.2 Å². The third kappa shape index (κ3) is 9.34. The molecule has 7 nitrogen and oxygen atoms in total. The van der Waals surface area contributed by atoms with Gasteiger partial charge in [-0.25, -0.2) is 9.59 Å². The Kier molecular flexibility index (Phi) is 9.74. The Morgan fingerprint density at radius 1 is 1.12 bits per heavy atom. The van der Waals surface area contributed by atoms with Gasteiger partial charge in [-0.3, -0.25) is 4.79 Å². The van der Waals surface area contributed by atoms with Gasteiger partial charge in [-0.15, -0.1) is 0 Å². The lowest BCUT2D eigenvalue weighted by Gasteiger charge is -2.14. The van der Waals surface area contributed by atoms with E-state index in [1.165, 1.54) is 0 Å². The second-order valence-electron chi connectivity index (χ2n) is 5.72. The van der Waals surface area contributed by atoms with E-state index < -0.39 is 24.0 Å². The molecule has 1 atom stereocenters. The zero-order valence-electron chi connectivity index (χ0n) is 14.5. The van der Waals surface area contributed by atoms with Crippen molar-refractivity contribution in [2.24, 2.45) is 0 Å². The van der Waals surface area contributed by atoms with Gasteiger partial charge in [0.15, 0.2) is 0 Å². The van der Waals surface area contributed by atoms with Gasteiger partial charge in [0.2, 0.25) is 5.91 Å². The van der Waals surface area contributed by atoms with Crippen LogP contribution in [0.3, 0.4) is 0 Å². The fourth-order valence-electron chi connectivity index (χ4n) is 2.20. The molecule has 1 rings (SSSR count). The Labute approximate surface area is 147 Å². The minimum absolute atomic E-state index is 0.101. The molecule has 1 aromatic carbocycles. The molecule has 0 saturated heterocycles. The van der Waals surface area contributed by atoms with E-state index in [2.05, 4.69) is 17.6 Å². The zero-order valence-corrected chi connectivity index (χ0v) is 14.5. The maximum absolute atomic E-state index is 11.8. The van der Waals surface area contributed by atoms with Crippen LogP contribution >= 0.6 is 0 Å². The van der Waals surface area contributed by atoms with E-state index in [0.717, 1.165) is 31.2 Å². The van der Waals surface area contributed by atoms with E-state index >= 15 is 0 Å². The first-order valence-corrected chi connectivity index (χ1v) is 8.49. The quantitative estimate of drug-likeness (QED) is 0.532. The number of carboxylic acids is 1. The summed E-state index contributed by atoms with van der Waals surface area (Å²) >= 11 is 0. The van der Waals surface area contributed by atoms with Crippen molar-refractivity contribution in [2.75, 3.05) is 6.54 Å². The number of carbonyl (C=O) groups excluding carboxylic acids is 2. The fourth-order valence-corrected chi connectivity index (χ4v) is 2.20. The number of amides is 2. The topological polar surface area (TPSA) is 105 Å². The number of benzene rings is 1. The molecule has 3 N–H and O–H groups in total. The highest BCUT2D eigenvalue weighted by Gasteiger charge is 2.19. The highest BCUT2D eigenvalue weighted by Crippen LogP contribution is 2.06. The average Bonchev–Trinajstić information content (AvgIpc) is 2.61. The standard InChI is InChI=1S/C18H26N2O5/c1-2-3-4-8-11-15(17(22)23)20-16(21)12-19-18(24)25-13-14-9-6-5-7-10-14/h5-7,9-10,15H,2-4,8,11-13H2,1H3,(H,19,24)(H,20,21)(H,22,23)/t15-/m0/s1. The minimum atomic E-state index is -1.07. The van der Waals surface area contributed by atoms with Crippen LogP contribution in [0.2, 0.25) is 0 Å². The first-order chi connectivity index (χ1) is 12.0. The van der Waals surface area contributed by atoms with Crippen molar-refractivity contribution in [1.29, 1.82) is 0 Å². The van der Waals surface area contributed by atoms with Gasteiger partial charge in [0.1, 0.15) is 19.2 Å². The number of aliphatic carboxylic acids is 1. The number of unbranched alkanes of at least 4 members (excludes halogenated alkanes) is 3. The predicted octanol–water partition coefficient (Wildman–Crippen LogP) is 2.45. The summed E-state index contributed by atoms with van der Waals surface area (Å²) in [6.45, 7) is 1.84. The van der Waals surface area contributed by atoms with Gasteiger partial charge >= 0.3 is 12.1 Å². The lowest BCUT2D eigenvalue weighted by atomic mass is 10.1. The third-order valence-electron chi connectivity index (χ3n) is 3.59. The first kappa shape index (κ1) is 20.5. The maximum Gasteiger partial charge on any atom is 0.407 e. The number of carbonyl (C=O) groups is 3. The Morgan fingerprint density at radius 2 is 1.84 bits per heavy atom. The second-order valence-corrected chi connectivity index (χ2v) is 5.72. The maximum atomic E-state index is 11.8. The van der Waals surface area contributed by atoms with Crippen molar-refractivity contribution in [1.82, 2.24) is 10.6 Å². The molecule has 0 heterocycles. The van der Waals surface area contributed by atoms with E-state index in [-0.39, 0.29) is 13.2 Å². The third-order valence-corrected chi connectivity index (χ3v) is 3.59. The van der Waals surface area contributed by atoms with Crippen LogP contribution in [0, 0.1) is 0 Å². The molecule has 0 fully saturated rings. The molecule has 7 heteroatoms. The van der Waals surface area contributed by atoms with Gasteiger partial charge < -0.3 is 20.5 Å². The van der Waals surface area contributed by atoms with E-state index in [1.54, 1.807) is 0 Å². The number of rotatable bonds is 11. The summed E-state index contributed by atoms with van der Waals surface area (Å²) in [5.74, 6) is -1.63. The van der Waals surface area contributed by atoms with Crippen molar-refractivity contribution in [3.63, 3.8) is 0 Å². The Bertz CT molecular complexity index is 548. The molecule has 0 aliphatic heterocycles. The summed E-state index contributed by atoms with van der Waals surface area (Å²) in [5, 5.41) is 13.9. The summed E-state index contributed by atoms with van der Waals surface area (Å²) in [4.78, 5) is 34.5. The van der Waals surface area contributed by atoms with Gasteiger partial charge in [-0.2, -0.15) is 0 Å². The average molecular weight is 350 g/mol. The van der Waals surface area contributed by atoms with Crippen LogP contribution in [-0.4, -0.2) is 35.7 Å². The molecule has 0 spiro atoms. The van der Waals surface area contributed by atoms with E-state index in [4.69, 9.17) is 9.84 Å². The van der Waals surface area contributed by atoms with Crippen LogP contribution in [0.5, 0.6) is 0 Å². The Balaban J connectivity index is 2.26. The normalized spacial score (nSPS) is 11.4. The Hall–Kier alpha value is -2.57. The molecule has 0 radical (unpaired) electrons. The molecule has 0 bridgehead atoms. The summed E-state index contributed by atoms with van der Waals surface area (Å²) in [5.41, 5.74) is 0.833. The number of nitrogens with one attached hydrogen (secondary N) is 2. The predicted molar refractivity (Wildman–Crippen MR) is 93.0 cm³/mol. The van der Waals surface area contributed by atoms with E-state index in [0.29, 0.717) is 6.42 Å². The monoisotopic (exact) mass is 350 g/mol. The van der Waals surface area contributed by atoms with Gasteiger partial charge in [-0.05, 0) is 12.0 Å². The summed E-state index contributed by atoms with van der Waals surface area (Å²) in [6.07, 6.45) is 3.40. The minimum Gasteiger partial charge on any atom is -0.480 e. The molecule has 25 heavy (non-hydrogen) atoms. The van der Waals surface area contributed by atoms with Crippen LogP contribution < -0.4 is 10.6 Å². The van der Waals surface area contributed by atoms with Gasteiger partial charge in [0.25, 0.3) is 0 Å². The van der Waals surface area contributed by atoms with Crippen LogP contribution in [0.1, 0.15) is 44.6 Å². The highest BCUT2D eigenvalue weighted by atomic mass is 16.5. The Morgan fingerprint density at radius 3 is 2.48 bits per heavy atom. The second kappa shape index (κ2) is 11.9. The summed E-state index contributed by atoms with van der Waals surface area (Å²) < 4.78 is 4.98. The van der Waals surface area contributed by atoms with Crippen LogP contribution in [0.4, 0.5) is 4.79 Å². The number of carboxylic acid groups (broad SMARTS) is 1. The van der Waals surface area contributed by atoms with Gasteiger partial charge in [0, 0.05) is 0 Å². The smallest absolute Gasteiger partial charge is 0.407 e. The molecule has 0 aliphatic rings. The molecule has 138 valence electrons. The lowest BCUT2D eigenvalue weighted by molar-refractivity contribution is -0.141. The van der Waals surface area contributed by atoms with Gasteiger partial charge in [0.05, 0.1) is 0 Å². The molecule has 2 amide bonds. The summed E-state index contributed by atoms with van der Waals surface area (Å²) in [6, 6.07) is 8.21. The van der Waals surface area contributed by atoms with Crippen LogP contribution in [0.15, 0.2) is 30.3 Å². The molecular formula is C18H26N2O5. The molecule has 0 unspecified atom stereocenters. The van der Waals surface area contributed by atoms with Crippen LogP contribution in [-0.2, 0) is 20.9 Å². The van der Waals surface area contributed by atoms with E-state index in [9.17, 15) is 14.4 Å². The summed E-state index contributed by atoms with van der Waals surface area (Å²) in [7, 11) is 0. The SMILES string of the molecule is CCCCCC[C@H](NC(=O)CNC(=O)OCc1ccccc1)C(=O)O. The fraction of sp³-hybridized carbons (Fsp3) is 0.500. The highest BCUT2D eigenvalue weighted by molar-refractivity contribution is 5.86. The molecule has 0 aliphatic carbocycles. The van der Waals surface area contributed by atoms with Crippen LogP contribution in [0.25, 0.3) is 0 Å². The van der Waals surface area contributed by atoms with Crippen molar-refractivity contribution in [2.45, 2.75) is 51.7 Å². The molecule has 1 aromatic rings. The first-order valence-electron chi connectivity index (χ1n) is 8.49. The molecular weight excluding hydrogens is 324 g/mol. The number of ether oxygens (including phenoxy) is 1. The van der Waals surface area contributed by atoms with Crippen molar-refractivity contribution in [3.8, 4) is 0 Å². The van der Waals surface area contributed by atoms with Crippen molar-refractivity contribution >= 4 is 18.0 Å². The van der Waals surface area contributed by atoms with Crippen molar-refractivity contribution in [3.05, 3.63) is 35.9 Å². The number of hydrogen-bond acceptors (Lipinski definition) is 4. The molecule has 0 aromatic heterocycles. The van der Waals surface area contributed by atoms with Gasteiger partial charge in [-0.1, -0.05) is 62.9 Å². The lowest BCUT2D eigenvalue weighted by Crippen LogP contribution is -2.45. The largest absolute Gasteiger partial charge is 0.480 e. The number of alkyl carbamates (subject to hydrolysis) is 1. The number of hydrogen-bond donors (Lipinski definition) is 3. The van der Waals surface area contributed by atoms with E-state index in [1.807, 2.05) is 30.3 Å². The molecule has 0 saturated carbocycles. The zero-order chi connectivity index (χ0) is 18.5.